The predicted molar refractivity (Wildman–Crippen MR) is 138 cm³/mol. The summed E-state index contributed by atoms with van der Waals surface area (Å²) >= 11 is 0. The van der Waals surface area contributed by atoms with Crippen molar-refractivity contribution >= 4 is 21.8 Å². The van der Waals surface area contributed by atoms with E-state index < -0.39 is 6.10 Å². The molecule has 0 saturated carbocycles. The average molecular weight is 479 g/mol. The maximum Gasteiger partial charge on any atom is 0.161 e. The fraction of sp³-hybridized carbons (Fsp3) is 0.357. The van der Waals surface area contributed by atoms with Crippen molar-refractivity contribution in [2.24, 2.45) is 0 Å². The molecule has 1 atom stereocenters. The van der Waals surface area contributed by atoms with Crippen LogP contribution in [0.5, 0.6) is 11.5 Å². The largest absolute Gasteiger partial charge is 0.493 e. The van der Waals surface area contributed by atoms with Crippen LogP contribution in [-0.2, 0) is 13.1 Å². The lowest BCUT2D eigenvalue weighted by atomic mass is 10.1. The molecule has 0 aliphatic heterocycles. The summed E-state index contributed by atoms with van der Waals surface area (Å²) in [5.74, 6) is 1.18. The quantitative estimate of drug-likeness (QED) is 0.273. The lowest BCUT2D eigenvalue weighted by Crippen LogP contribution is -2.35. The molecule has 7 heteroatoms. The van der Waals surface area contributed by atoms with Crippen molar-refractivity contribution < 1.29 is 24.8 Å². The molecule has 3 aromatic carbocycles. The fourth-order valence-electron chi connectivity index (χ4n) is 4.64. The number of aromatic nitrogens is 1. The molecule has 0 aliphatic carbocycles. The van der Waals surface area contributed by atoms with Gasteiger partial charge in [0.2, 0.25) is 0 Å². The van der Waals surface area contributed by atoms with Crippen molar-refractivity contribution in [1.29, 1.82) is 0 Å². The molecule has 0 bridgehead atoms. The summed E-state index contributed by atoms with van der Waals surface area (Å²) in [4.78, 5) is 2.15. The molecule has 7 nitrogen and oxygen atoms in total. The Hall–Kier alpha value is -3.10. The van der Waals surface area contributed by atoms with Crippen LogP contribution in [0, 0.1) is 0 Å². The Morgan fingerprint density at radius 3 is 2.20 bits per heavy atom. The van der Waals surface area contributed by atoms with E-state index in [0.29, 0.717) is 44.1 Å². The third kappa shape index (κ3) is 5.94. The smallest absolute Gasteiger partial charge is 0.161 e. The second-order valence-corrected chi connectivity index (χ2v) is 8.67. The third-order valence-electron chi connectivity index (χ3n) is 6.16. The molecule has 4 aromatic rings. The highest BCUT2D eigenvalue weighted by atomic mass is 16.5. The molecule has 0 fully saturated rings. The van der Waals surface area contributed by atoms with E-state index in [1.807, 2.05) is 42.5 Å². The van der Waals surface area contributed by atoms with Crippen molar-refractivity contribution in [1.82, 2.24) is 9.47 Å². The monoisotopic (exact) mass is 478 g/mol. The zero-order chi connectivity index (χ0) is 24.6. The van der Waals surface area contributed by atoms with Crippen LogP contribution >= 0.6 is 0 Å². The standard InChI is InChI=1S/C28H34N2O5/c1-34-28-17-21(11-12-27(28)35-16-15-32)18-29(13-6-14-31)19-22(33)20-30-25-9-4-2-7-23(25)24-8-3-5-10-26(24)30/h2-5,7-12,17,22,31-33H,6,13-16,18-20H2,1H3/t22-/m0/s1. The summed E-state index contributed by atoms with van der Waals surface area (Å²) in [5.41, 5.74) is 3.23. The van der Waals surface area contributed by atoms with Crippen molar-refractivity contribution in [2.75, 3.05) is 40.0 Å². The van der Waals surface area contributed by atoms with Crippen LogP contribution in [0.25, 0.3) is 21.8 Å². The molecule has 1 heterocycles. The van der Waals surface area contributed by atoms with Gasteiger partial charge in [0.25, 0.3) is 0 Å². The lowest BCUT2D eigenvalue weighted by molar-refractivity contribution is 0.0921. The number of hydrogen-bond donors (Lipinski definition) is 3. The molecule has 0 amide bonds. The van der Waals surface area contributed by atoms with E-state index in [0.717, 1.165) is 16.6 Å². The van der Waals surface area contributed by atoms with Gasteiger partial charge < -0.3 is 29.4 Å². The second-order valence-electron chi connectivity index (χ2n) is 8.67. The van der Waals surface area contributed by atoms with Gasteiger partial charge in [-0.3, -0.25) is 4.90 Å². The molecule has 35 heavy (non-hydrogen) atoms. The zero-order valence-electron chi connectivity index (χ0n) is 20.1. The Morgan fingerprint density at radius 2 is 1.57 bits per heavy atom. The molecule has 0 spiro atoms. The van der Waals surface area contributed by atoms with Crippen LogP contribution in [0.2, 0.25) is 0 Å². The van der Waals surface area contributed by atoms with Crippen LogP contribution < -0.4 is 9.47 Å². The number of para-hydroxylation sites is 2. The van der Waals surface area contributed by atoms with Crippen LogP contribution in [0.4, 0.5) is 0 Å². The van der Waals surface area contributed by atoms with Gasteiger partial charge in [0.05, 0.1) is 26.4 Å². The molecule has 0 saturated heterocycles. The number of aliphatic hydroxyl groups is 3. The van der Waals surface area contributed by atoms with Crippen molar-refractivity contribution in [3.8, 4) is 11.5 Å². The first-order valence-corrected chi connectivity index (χ1v) is 12.0. The Kier molecular flexibility index (Phi) is 8.60. The Labute approximate surface area is 205 Å². The van der Waals surface area contributed by atoms with Crippen LogP contribution in [-0.4, -0.2) is 70.9 Å². The summed E-state index contributed by atoms with van der Waals surface area (Å²) < 4.78 is 13.2. The third-order valence-corrected chi connectivity index (χ3v) is 6.16. The molecular weight excluding hydrogens is 444 g/mol. The second kappa shape index (κ2) is 12.0. The minimum atomic E-state index is -0.595. The summed E-state index contributed by atoms with van der Waals surface area (Å²) in [6, 6.07) is 22.3. The summed E-state index contributed by atoms with van der Waals surface area (Å²) in [5, 5.41) is 31.9. The molecule has 0 radical (unpaired) electrons. The van der Waals surface area contributed by atoms with Gasteiger partial charge in [-0.2, -0.15) is 0 Å². The molecule has 3 N–H and O–H groups in total. The molecule has 186 valence electrons. The number of ether oxygens (including phenoxy) is 2. The molecule has 4 rings (SSSR count). The van der Waals surface area contributed by atoms with E-state index in [4.69, 9.17) is 14.6 Å². The normalized spacial score (nSPS) is 12.5. The van der Waals surface area contributed by atoms with Gasteiger partial charge in [0.15, 0.2) is 11.5 Å². The summed E-state index contributed by atoms with van der Waals surface area (Å²) in [7, 11) is 1.59. The van der Waals surface area contributed by atoms with Crippen molar-refractivity contribution in [2.45, 2.75) is 25.6 Å². The van der Waals surface area contributed by atoms with E-state index in [1.54, 1.807) is 7.11 Å². The van der Waals surface area contributed by atoms with Crippen LogP contribution in [0.15, 0.2) is 66.7 Å². The van der Waals surface area contributed by atoms with Gasteiger partial charge in [-0.15, -0.1) is 0 Å². The molecule has 0 aliphatic rings. The average Bonchev–Trinajstić information content (AvgIpc) is 3.20. The lowest BCUT2D eigenvalue weighted by Gasteiger charge is -2.26. The van der Waals surface area contributed by atoms with Gasteiger partial charge in [-0.25, -0.2) is 0 Å². The number of nitrogens with zero attached hydrogens (tertiary/aromatic N) is 2. The Bertz CT molecular complexity index is 1190. The van der Waals surface area contributed by atoms with E-state index in [-0.39, 0.29) is 19.8 Å². The van der Waals surface area contributed by atoms with Gasteiger partial charge >= 0.3 is 0 Å². The zero-order valence-corrected chi connectivity index (χ0v) is 20.1. The number of benzene rings is 3. The van der Waals surface area contributed by atoms with E-state index >= 15 is 0 Å². The number of hydrogen-bond acceptors (Lipinski definition) is 6. The molecule has 1 aromatic heterocycles. The van der Waals surface area contributed by atoms with E-state index in [2.05, 4.69) is 33.7 Å². The highest BCUT2D eigenvalue weighted by molar-refractivity contribution is 6.07. The van der Waals surface area contributed by atoms with E-state index in [1.165, 1.54) is 10.8 Å². The number of rotatable bonds is 13. The number of fused-ring (bicyclic) bond motifs is 3. The van der Waals surface area contributed by atoms with Gasteiger partial charge in [0, 0.05) is 48.0 Å². The maximum atomic E-state index is 11.1. The van der Waals surface area contributed by atoms with Crippen LogP contribution in [0.3, 0.4) is 0 Å². The Morgan fingerprint density at radius 1 is 0.886 bits per heavy atom. The van der Waals surface area contributed by atoms with E-state index in [9.17, 15) is 10.2 Å². The molecule has 0 unspecified atom stereocenters. The van der Waals surface area contributed by atoms with Gasteiger partial charge in [0.1, 0.15) is 6.61 Å². The van der Waals surface area contributed by atoms with Gasteiger partial charge in [-0.05, 0) is 36.2 Å². The topological polar surface area (TPSA) is 87.3 Å². The SMILES string of the molecule is COc1cc(CN(CCCO)C[C@H](O)Cn2c3ccccc3c3ccccc32)ccc1OCCO. The highest BCUT2D eigenvalue weighted by Crippen LogP contribution is 2.30. The first-order valence-electron chi connectivity index (χ1n) is 12.0. The van der Waals surface area contributed by atoms with Crippen molar-refractivity contribution in [3.05, 3.63) is 72.3 Å². The Balaban J connectivity index is 1.51. The minimum Gasteiger partial charge on any atom is -0.493 e. The predicted octanol–water partition coefficient (Wildman–Crippen LogP) is 3.42. The van der Waals surface area contributed by atoms with Crippen molar-refractivity contribution in [3.63, 3.8) is 0 Å². The van der Waals surface area contributed by atoms with Crippen LogP contribution in [0.1, 0.15) is 12.0 Å². The number of aliphatic hydroxyl groups excluding tert-OH is 3. The minimum absolute atomic E-state index is 0.0658. The maximum absolute atomic E-state index is 11.1. The molecular formula is C28H34N2O5. The van der Waals surface area contributed by atoms with Gasteiger partial charge in [-0.1, -0.05) is 42.5 Å². The number of methoxy groups -OCH3 is 1. The first-order chi connectivity index (χ1) is 17.1. The summed E-state index contributed by atoms with van der Waals surface area (Å²) in [6.07, 6.45) is 0.0265. The highest BCUT2D eigenvalue weighted by Gasteiger charge is 2.17. The fourth-order valence-corrected chi connectivity index (χ4v) is 4.64. The summed E-state index contributed by atoms with van der Waals surface area (Å²) in [6.45, 7) is 2.42. The first kappa shape index (κ1) is 25.0.